The molecule has 0 amide bonds. The van der Waals surface area contributed by atoms with E-state index in [-0.39, 0.29) is 15.5 Å². The zero-order valence-corrected chi connectivity index (χ0v) is 9.10. The highest BCUT2D eigenvalue weighted by atomic mass is 79.9. The first-order chi connectivity index (χ1) is 7.39. The third kappa shape index (κ3) is 1.87. The van der Waals surface area contributed by atoms with Gasteiger partial charge in [-0.2, -0.15) is 13.2 Å². The van der Waals surface area contributed by atoms with Crippen LogP contribution in [0.1, 0.15) is 5.56 Å². The predicted octanol–water partition coefficient (Wildman–Crippen LogP) is 3.55. The zero-order valence-electron chi connectivity index (χ0n) is 7.52. The summed E-state index contributed by atoms with van der Waals surface area (Å²) >= 11 is 2.90. The summed E-state index contributed by atoms with van der Waals surface area (Å²) in [4.78, 5) is 7.09. The molecule has 0 radical (unpaired) electrons. The molecule has 0 aromatic carbocycles. The van der Waals surface area contributed by atoms with Gasteiger partial charge in [-0.25, -0.2) is 4.39 Å². The lowest BCUT2D eigenvalue weighted by atomic mass is 10.2. The van der Waals surface area contributed by atoms with Crippen LogP contribution in [0.3, 0.4) is 0 Å². The maximum absolute atomic E-state index is 13.0. The fourth-order valence-electron chi connectivity index (χ4n) is 1.17. The Morgan fingerprint density at radius 3 is 2.44 bits per heavy atom. The van der Waals surface area contributed by atoms with Gasteiger partial charge in [-0.3, -0.25) is 9.97 Å². The van der Waals surface area contributed by atoms with Crippen molar-refractivity contribution in [1.82, 2.24) is 9.97 Å². The van der Waals surface area contributed by atoms with Crippen LogP contribution in [0.25, 0.3) is 11.0 Å². The number of halogens is 5. The van der Waals surface area contributed by atoms with Crippen LogP contribution in [0.4, 0.5) is 17.6 Å². The number of hydrogen-bond donors (Lipinski definition) is 0. The van der Waals surface area contributed by atoms with Crippen LogP contribution >= 0.6 is 15.9 Å². The highest BCUT2D eigenvalue weighted by Crippen LogP contribution is 2.31. The van der Waals surface area contributed by atoms with Gasteiger partial charge in [-0.1, -0.05) is 0 Å². The van der Waals surface area contributed by atoms with E-state index in [0.717, 1.165) is 12.3 Å². The van der Waals surface area contributed by atoms with Crippen molar-refractivity contribution in [2.45, 2.75) is 6.18 Å². The summed E-state index contributed by atoms with van der Waals surface area (Å²) in [5.74, 6) is -0.667. The predicted molar refractivity (Wildman–Crippen MR) is 52.2 cm³/mol. The summed E-state index contributed by atoms with van der Waals surface area (Å²) < 4.78 is 50.0. The molecule has 0 bridgehead atoms. The van der Waals surface area contributed by atoms with Crippen molar-refractivity contribution in [1.29, 1.82) is 0 Å². The standard InChI is InChI=1S/C9H3BrF4N2/c10-7-5(11)3-15-6-1-4(9(12,13)14)2-16-8(6)7/h1-3H. The molecule has 0 aliphatic heterocycles. The third-order valence-electron chi connectivity index (χ3n) is 1.93. The first kappa shape index (κ1) is 11.3. The van der Waals surface area contributed by atoms with Gasteiger partial charge in [-0.05, 0) is 22.0 Å². The molecule has 0 fully saturated rings. The van der Waals surface area contributed by atoms with E-state index in [1.165, 1.54) is 0 Å². The highest BCUT2D eigenvalue weighted by molar-refractivity contribution is 9.10. The lowest BCUT2D eigenvalue weighted by Gasteiger charge is -2.07. The van der Waals surface area contributed by atoms with Crippen molar-refractivity contribution in [3.63, 3.8) is 0 Å². The Labute approximate surface area is 95.4 Å². The smallest absolute Gasteiger partial charge is 0.253 e. The van der Waals surface area contributed by atoms with E-state index in [0.29, 0.717) is 6.20 Å². The van der Waals surface area contributed by atoms with Crippen LogP contribution in [-0.4, -0.2) is 9.97 Å². The summed E-state index contributed by atoms with van der Waals surface area (Å²) in [6.07, 6.45) is -2.99. The lowest BCUT2D eigenvalue weighted by Crippen LogP contribution is -2.05. The van der Waals surface area contributed by atoms with Crippen molar-refractivity contribution < 1.29 is 17.6 Å². The highest BCUT2D eigenvalue weighted by Gasteiger charge is 2.31. The molecule has 16 heavy (non-hydrogen) atoms. The second-order valence-corrected chi connectivity index (χ2v) is 3.80. The minimum atomic E-state index is -4.48. The van der Waals surface area contributed by atoms with Crippen LogP contribution in [0.5, 0.6) is 0 Å². The molecule has 2 heterocycles. The molecule has 0 saturated heterocycles. The van der Waals surface area contributed by atoms with Crippen LogP contribution in [0.15, 0.2) is 22.9 Å². The van der Waals surface area contributed by atoms with Gasteiger partial charge in [0.2, 0.25) is 0 Å². The zero-order chi connectivity index (χ0) is 11.9. The molecule has 7 heteroatoms. The molecule has 0 aliphatic carbocycles. The normalized spacial score (nSPS) is 12.1. The average Bonchev–Trinajstić information content (AvgIpc) is 2.22. The number of rotatable bonds is 0. The molecule has 0 saturated carbocycles. The molecule has 0 atom stereocenters. The fraction of sp³-hybridized carbons (Fsp3) is 0.111. The van der Waals surface area contributed by atoms with Gasteiger partial charge in [0, 0.05) is 6.20 Å². The van der Waals surface area contributed by atoms with Crippen molar-refractivity contribution in [2.75, 3.05) is 0 Å². The SMILES string of the molecule is Fc1cnc2cc(C(F)(F)F)cnc2c1Br. The van der Waals surface area contributed by atoms with E-state index in [9.17, 15) is 17.6 Å². The summed E-state index contributed by atoms with van der Waals surface area (Å²) in [5, 5.41) is 0. The first-order valence-corrected chi connectivity index (χ1v) is 4.86. The Morgan fingerprint density at radius 2 is 1.81 bits per heavy atom. The van der Waals surface area contributed by atoms with Crippen molar-refractivity contribution >= 4 is 27.0 Å². The van der Waals surface area contributed by atoms with E-state index in [1.54, 1.807) is 0 Å². The van der Waals surface area contributed by atoms with Gasteiger partial charge in [0.05, 0.1) is 21.7 Å². The summed E-state index contributed by atoms with van der Waals surface area (Å²) in [5.41, 5.74) is -0.859. The van der Waals surface area contributed by atoms with Gasteiger partial charge >= 0.3 is 6.18 Å². The van der Waals surface area contributed by atoms with Gasteiger partial charge in [0.1, 0.15) is 5.52 Å². The van der Waals surface area contributed by atoms with Crippen molar-refractivity contribution in [3.05, 3.63) is 34.3 Å². The quantitative estimate of drug-likeness (QED) is 0.695. The van der Waals surface area contributed by atoms with E-state index in [4.69, 9.17) is 0 Å². The maximum Gasteiger partial charge on any atom is 0.417 e. The molecule has 2 aromatic heterocycles. The fourth-order valence-corrected chi connectivity index (χ4v) is 1.58. The number of alkyl halides is 3. The van der Waals surface area contributed by atoms with Crippen molar-refractivity contribution in [3.8, 4) is 0 Å². The third-order valence-corrected chi connectivity index (χ3v) is 2.68. The van der Waals surface area contributed by atoms with Crippen molar-refractivity contribution in [2.24, 2.45) is 0 Å². The second kappa shape index (κ2) is 3.65. The molecular weight excluding hydrogens is 292 g/mol. The molecule has 2 rings (SSSR count). The van der Waals surface area contributed by atoms with Gasteiger partial charge in [0.25, 0.3) is 0 Å². The maximum atomic E-state index is 13.0. The summed E-state index contributed by atoms with van der Waals surface area (Å²) in [6.45, 7) is 0. The number of nitrogens with zero attached hydrogens (tertiary/aromatic N) is 2. The van der Waals surface area contributed by atoms with Gasteiger partial charge in [0.15, 0.2) is 5.82 Å². The van der Waals surface area contributed by atoms with Crippen LogP contribution in [-0.2, 0) is 6.18 Å². The monoisotopic (exact) mass is 294 g/mol. The number of fused-ring (bicyclic) bond motifs is 1. The van der Waals surface area contributed by atoms with E-state index in [1.807, 2.05) is 0 Å². The van der Waals surface area contributed by atoms with E-state index in [2.05, 4.69) is 25.9 Å². The number of pyridine rings is 2. The minimum absolute atomic E-state index is 0.00576. The Balaban J connectivity index is 2.70. The number of aromatic nitrogens is 2. The number of hydrogen-bond acceptors (Lipinski definition) is 2. The van der Waals surface area contributed by atoms with Crippen LogP contribution in [0.2, 0.25) is 0 Å². The Bertz CT molecular complexity index is 553. The van der Waals surface area contributed by atoms with Gasteiger partial charge in [-0.15, -0.1) is 0 Å². The Morgan fingerprint density at radius 1 is 1.12 bits per heavy atom. The summed E-state index contributed by atoms with van der Waals surface area (Å²) in [6, 6.07) is 0.826. The van der Waals surface area contributed by atoms with Gasteiger partial charge < -0.3 is 0 Å². The molecular formula is C9H3BrF4N2. The second-order valence-electron chi connectivity index (χ2n) is 3.01. The molecule has 2 aromatic rings. The Hall–Kier alpha value is -1.24. The van der Waals surface area contributed by atoms with E-state index >= 15 is 0 Å². The lowest BCUT2D eigenvalue weighted by molar-refractivity contribution is -0.137. The molecule has 0 spiro atoms. The molecule has 0 aliphatic rings. The molecule has 0 N–H and O–H groups in total. The topological polar surface area (TPSA) is 25.8 Å². The minimum Gasteiger partial charge on any atom is -0.253 e. The molecule has 84 valence electrons. The van der Waals surface area contributed by atoms with Crippen LogP contribution < -0.4 is 0 Å². The Kier molecular flexibility index (Phi) is 2.57. The largest absolute Gasteiger partial charge is 0.417 e. The molecule has 0 unspecified atom stereocenters. The first-order valence-electron chi connectivity index (χ1n) is 4.06. The summed E-state index contributed by atoms with van der Waals surface area (Å²) in [7, 11) is 0. The average molecular weight is 295 g/mol. The van der Waals surface area contributed by atoms with E-state index < -0.39 is 17.6 Å². The molecule has 2 nitrogen and oxygen atoms in total. The van der Waals surface area contributed by atoms with Crippen LogP contribution in [0, 0.1) is 5.82 Å².